The maximum Gasteiger partial charge on any atom is 0.150 e. The van der Waals surface area contributed by atoms with Crippen LogP contribution >= 0.6 is 0 Å². The Morgan fingerprint density at radius 2 is 2.14 bits per heavy atom. The van der Waals surface area contributed by atoms with Crippen LogP contribution in [0, 0.1) is 5.92 Å². The molecular weight excluding hydrogens is 176 g/mol. The van der Waals surface area contributed by atoms with Gasteiger partial charge in [0.2, 0.25) is 0 Å². The Labute approximate surface area is 85.5 Å². The lowest BCUT2D eigenvalue weighted by molar-refractivity contribution is 0.492. The molecule has 0 aliphatic rings. The third-order valence-corrected chi connectivity index (χ3v) is 2.60. The van der Waals surface area contributed by atoms with E-state index >= 15 is 0 Å². The van der Waals surface area contributed by atoms with Gasteiger partial charge in [0.1, 0.15) is 5.82 Å². The second-order valence-corrected chi connectivity index (χ2v) is 3.64. The number of hydrogen-bond acceptors (Lipinski definition) is 3. The second-order valence-electron chi connectivity index (χ2n) is 3.64. The molecule has 0 saturated carbocycles. The summed E-state index contributed by atoms with van der Waals surface area (Å²) in [5.74, 6) is 2.51. The van der Waals surface area contributed by atoms with Crippen molar-refractivity contribution >= 4 is 0 Å². The minimum atomic E-state index is 0.530. The van der Waals surface area contributed by atoms with Gasteiger partial charge in [-0.05, 0) is 12.5 Å². The first-order chi connectivity index (χ1) is 6.71. The maximum atomic E-state index is 5.66. The molecule has 0 aliphatic carbocycles. The normalized spacial score (nSPS) is 13.1. The zero-order valence-corrected chi connectivity index (χ0v) is 9.32. The third kappa shape index (κ3) is 2.54. The van der Waals surface area contributed by atoms with E-state index in [0.29, 0.717) is 5.92 Å². The van der Waals surface area contributed by atoms with Crippen molar-refractivity contribution in [3.63, 3.8) is 0 Å². The van der Waals surface area contributed by atoms with Crippen LogP contribution in [0.5, 0.6) is 0 Å². The first-order valence-electron chi connectivity index (χ1n) is 5.30. The Hall–Kier alpha value is -0.900. The van der Waals surface area contributed by atoms with Crippen molar-refractivity contribution in [1.82, 2.24) is 14.8 Å². The summed E-state index contributed by atoms with van der Waals surface area (Å²) >= 11 is 0. The molecule has 2 N–H and O–H groups in total. The van der Waals surface area contributed by atoms with E-state index in [1.807, 2.05) is 11.7 Å². The number of aromatic nitrogens is 3. The molecule has 1 atom stereocenters. The molecule has 4 heteroatoms. The molecule has 1 aromatic rings. The molecule has 1 unspecified atom stereocenters. The molecule has 0 aromatic carbocycles. The monoisotopic (exact) mass is 196 g/mol. The SMILES string of the molecule is CCc1nc(CC(CC)CN)n(C)n1. The van der Waals surface area contributed by atoms with Crippen LogP contribution in [-0.2, 0) is 19.9 Å². The predicted molar refractivity (Wildman–Crippen MR) is 56.9 cm³/mol. The van der Waals surface area contributed by atoms with Crippen LogP contribution in [-0.4, -0.2) is 21.3 Å². The maximum absolute atomic E-state index is 5.66. The molecule has 14 heavy (non-hydrogen) atoms. The fourth-order valence-corrected chi connectivity index (χ4v) is 1.45. The van der Waals surface area contributed by atoms with Crippen LogP contribution < -0.4 is 5.73 Å². The molecule has 0 bridgehead atoms. The molecule has 1 heterocycles. The summed E-state index contributed by atoms with van der Waals surface area (Å²) in [6.45, 7) is 4.96. The number of nitrogens with two attached hydrogens (primary N) is 1. The lowest BCUT2D eigenvalue weighted by atomic mass is 10.0. The first kappa shape index (κ1) is 11.2. The topological polar surface area (TPSA) is 56.7 Å². The molecule has 4 nitrogen and oxygen atoms in total. The van der Waals surface area contributed by atoms with Crippen molar-refractivity contribution in [1.29, 1.82) is 0 Å². The lowest BCUT2D eigenvalue weighted by Crippen LogP contribution is -2.18. The molecular formula is C10H20N4. The second kappa shape index (κ2) is 5.10. The summed E-state index contributed by atoms with van der Waals surface area (Å²) in [6.07, 6.45) is 2.94. The lowest BCUT2D eigenvalue weighted by Gasteiger charge is -2.10. The minimum absolute atomic E-state index is 0.530. The summed E-state index contributed by atoms with van der Waals surface area (Å²) in [5.41, 5.74) is 5.66. The fourth-order valence-electron chi connectivity index (χ4n) is 1.45. The molecule has 0 spiro atoms. The van der Waals surface area contributed by atoms with Gasteiger partial charge in [0.25, 0.3) is 0 Å². The Morgan fingerprint density at radius 1 is 1.43 bits per heavy atom. The van der Waals surface area contributed by atoms with Gasteiger partial charge in [-0.1, -0.05) is 20.3 Å². The zero-order chi connectivity index (χ0) is 10.6. The van der Waals surface area contributed by atoms with Gasteiger partial charge in [-0.15, -0.1) is 0 Å². The van der Waals surface area contributed by atoms with Gasteiger partial charge in [-0.2, -0.15) is 5.10 Å². The van der Waals surface area contributed by atoms with Crippen LogP contribution in [0.15, 0.2) is 0 Å². The molecule has 1 aromatic heterocycles. The Kier molecular flexibility index (Phi) is 4.07. The van der Waals surface area contributed by atoms with Crippen molar-refractivity contribution in [2.45, 2.75) is 33.1 Å². The van der Waals surface area contributed by atoms with Gasteiger partial charge >= 0.3 is 0 Å². The summed E-state index contributed by atoms with van der Waals surface area (Å²) in [4.78, 5) is 4.46. The summed E-state index contributed by atoms with van der Waals surface area (Å²) in [5, 5.41) is 4.32. The van der Waals surface area contributed by atoms with Gasteiger partial charge in [-0.3, -0.25) is 4.68 Å². The Morgan fingerprint density at radius 3 is 2.57 bits per heavy atom. The number of nitrogens with zero attached hydrogens (tertiary/aromatic N) is 3. The van der Waals surface area contributed by atoms with Crippen molar-refractivity contribution in [2.75, 3.05) is 6.54 Å². The molecule has 0 fully saturated rings. The minimum Gasteiger partial charge on any atom is -0.330 e. The summed E-state index contributed by atoms with van der Waals surface area (Å²) in [6, 6.07) is 0. The van der Waals surface area contributed by atoms with E-state index in [1.54, 1.807) is 0 Å². The van der Waals surface area contributed by atoms with Crippen molar-refractivity contribution < 1.29 is 0 Å². The van der Waals surface area contributed by atoms with E-state index in [4.69, 9.17) is 5.73 Å². The van der Waals surface area contributed by atoms with Crippen molar-refractivity contribution in [2.24, 2.45) is 18.7 Å². The van der Waals surface area contributed by atoms with Gasteiger partial charge in [0.15, 0.2) is 5.82 Å². The number of rotatable bonds is 5. The quantitative estimate of drug-likeness (QED) is 0.761. The largest absolute Gasteiger partial charge is 0.330 e. The van der Waals surface area contributed by atoms with Crippen LogP contribution in [0.1, 0.15) is 31.9 Å². The highest BCUT2D eigenvalue weighted by molar-refractivity contribution is 4.94. The van der Waals surface area contributed by atoms with E-state index in [9.17, 15) is 0 Å². The Bertz CT molecular complexity index is 276. The summed E-state index contributed by atoms with van der Waals surface area (Å²) < 4.78 is 1.87. The standard InChI is InChI=1S/C10H20N4/c1-4-8(7-11)6-10-12-9(5-2)13-14(10)3/h8H,4-7,11H2,1-3H3. The molecule has 80 valence electrons. The van der Waals surface area contributed by atoms with Gasteiger partial charge in [0.05, 0.1) is 0 Å². The molecule has 0 amide bonds. The molecule has 0 saturated heterocycles. The van der Waals surface area contributed by atoms with Crippen LogP contribution in [0.3, 0.4) is 0 Å². The predicted octanol–water partition coefficient (Wildman–Crippen LogP) is 0.905. The fraction of sp³-hybridized carbons (Fsp3) is 0.800. The highest BCUT2D eigenvalue weighted by Crippen LogP contribution is 2.09. The Balaban J connectivity index is 2.69. The molecule has 1 rings (SSSR count). The van der Waals surface area contributed by atoms with E-state index < -0.39 is 0 Å². The van der Waals surface area contributed by atoms with Crippen molar-refractivity contribution in [3.8, 4) is 0 Å². The molecule has 0 radical (unpaired) electrons. The van der Waals surface area contributed by atoms with E-state index in [2.05, 4.69) is 23.9 Å². The van der Waals surface area contributed by atoms with Gasteiger partial charge in [0, 0.05) is 19.9 Å². The number of aryl methyl sites for hydroxylation is 2. The van der Waals surface area contributed by atoms with E-state index in [0.717, 1.165) is 37.5 Å². The van der Waals surface area contributed by atoms with E-state index in [-0.39, 0.29) is 0 Å². The first-order valence-corrected chi connectivity index (χ1v) is 5.30. The van der Waals surface area contributed by atoms with Crippen LogP contribution in [0.2, 0.25) is 0 Å². The van der Waals surface area contributed by atoms with Crippen molar-refractivity contribution in [3.05, 3.63) is 11.6 Å². The summed E-state index contributed by atoms with van der Waals surface area (Å²) in [7, 11) is 1.95. The highest BCUT2D eigenvalue weighted by Gasteiger charge is 2.11. The van der Waals surface area contributed by atoms with Gasteiger partial charge in [-0.25, -0.2) is 4.98 Å². The van der Waals surface area contributed by atoms with Crippen LogP contribution in [0.4, 0.5) is 0 Å². The zero-order valence-electron chi connectivity index (χ0n) is 9.32. The number of hydrogen-bond donors (Lipinski definition) is 1. The van der Waals surface area contributed by atoms with Crippen LogP contribution in [0.25, 0.3) is 0 Å². The van der Waals surface area contributed by atoms with Gasteiger partial charge < -0.3 is 5.73 Å². The molecule has 0 aliphatic heterocycles. The van der Waals surface area contributed by atoms with E-state index in [1.165, 1.54) is 0 Å². The average Bonchev–Trinajstić information content (AvgIpc) is 2.56. The highest BCUT2D eigenvalue weighted by atomic mass is 15.3. The smallest absolute Gasteiger partial charge is 0.150 e. The average molecular weight is 196 g/mol. The third-order valence-electron chi connectivity index (χ3n) is 2.60.